The molecule has 1 aromatic carbocycles. The van der Waals surface area contributed by atoms with E-state index in [-0.39, 0.29) is 32.0 Å². The number of aliphatic carboxylic acids is 1. The van der Waals surface area contributed by atoms with Crippen LogP contribution in [0.5, 0.6) is 0 Å². The highest BCUT2D eigenvalue weighted by Crippen LogP contribution is 2.11. The predicted molar refractivity (Wildman–Crippen MR) is 136 cm³/mol. The van der Waals surface area contributed by atoms with Gasteiger partial charge in [0.1, 0.15) is 18.7 Å². The van der Waals surface area contributed by atoms with Crippen LogP contribution in [0, 0.1) is 5.92 Å². The third-order valence-electron chi connectivity index (χ3n) is 5.46. The predicted octanol–water partition coefficient (Wildman–Crippen LogP) is -0.103. The zero-order valence-electron chi connectivity index (χ0n) is 21.7. The van der Waals surface area contributed by atoms with E-state index in [1.54, 1.807) is 38.1 Å². The summed E-state index contributed by atoms with van der Waals surface area (Å²) in [6.07, 6.45) is 1.17. The molecule has 1 aliphatic rings. The van der Waals surface area contributed by atoms with Crippen molar-refractivity contribution in [1.82, 2.24) is 20.9 Å². The zero-order chi connectivity index (χ0) is 29.1. The number of imide groups is 1. The second-order valence-corrected chi connectivity index (χ2v) is 8.94. The number of amides is 6. The van der Waals surface area contributed by atoms with E-state index >= 15 is 0 Å². The lowest BCUT2D eigenvalue weighted by atomic mass is 10.0. The molecule has 0 aromatic heterocycles. The molecule has 2 atom stereocenters. The average Bonchev–Trinajstić information content (AvgIpc) is 3.20. The van der Waals surface area contributed by atoms with Gasteiger partial charge in [0.15, 0.2) is 0 Å². The number of rotatable bonds is 13. The topological polar surface area (TPSA) is 200 Å². The molecule has 2 rings (SSSR count). The largest absolute Gasteiger partial charge is 0.480 e. The lowest BCUT2D eigenvalue weighted by Gasteiger charge is -2.22. The van der Waals surface area contributed by atoms with Crippen LogP contribution in [0.3, 0.4) is 0 Å². The number of ether oxygens (including phenoxy) is 1. The van der Waals surface area contributed by atoms with Crippen molar-refractivity contribution >= 4 is 47.3 Å². The van der Waals surface area contributed by atoms with Crippen molar-refractivity contribution in [3.63, 3.8) is 0 Å². The molecule has 0 saturated carbocycles. The molecular weight excluding hydrogens is 514 g/mol. The van der Waals surface area contributed by atoms with Gasteiger partial charge in [0.05, 0.1) is 6.54 Å². The first kappa shape index (κ1) is 30.5. The number of carboxylic acid groups (broad SMARTS) is 1. The van der Waals surface area contributed by atoms with Gasteiger partial charge in [-0.05, 0) is 30.5 Å². The normalized spacial score (nSPS) is 14.0. The fourth-order valence-corrected chi connectivity index (χ4v) is 3.24. The fourth-order valence-electron chi connectivity index (χ4n) is 3.24. The van der Waals surface area contributed by atoms with Gasteiger partial charge >= 0.3 is 12.1 Å². The van der Waals surface area contributed by atoms with Gasteiger partial charge in [-0.25, -0.2) is 4.79 Å². The minimum absolute atomic E-state index is 0.118. The second-order valence-electron chi connectivity index (χ2n) is 8.94. The summed E-state index contributed by atoms with van der Waals surface area (Å²) in [6, 6.07) is 4.25. The fraction of sp³-hybridized carbons (Fsp3) is 0.400. The number of nitrogens with one attached hydrogen (secondary N) is 4. The smallest absolute Gasteiger partial charge is 0.408 e. The van der Waals surface area contributed by atoms with Gasteiger partial charge in [-0.1, -0.05) is 26.0 Å². The molecule has 5 N–H and O–H groups in total. The quantitative estimate of drug-likeness (QED) is 0.210. The summed E-state index contributed by atoms with van der Waals surface area (Å²) in [5, 5.41) is 18.6. The van der Waals surface area contributed by atoms with E-state index in [1.165, 1.54) is 6.92 Å². The average molecular weight is 546 g/mol. The number of carbonyl (C=O) groups is 7. The first-order chi connectivity index (χ1) is 18.4. The summed E-state index contributed by atoms with van der Waals surface area (Å²) in [6.45, 7) is 4.12. The second kappa shape index (κ2) is 14.3. The number of hydrogen-bond donors (Lipinski definition) is 5. The van der Waals surface area contributed by atoms with Crippen molar-refractivity contribution in [2.45, 2.75) is 45.9 Å². The Morgan fingerprint density at radius 2 is 1.54 bits per heavy atom. The number of carboxylic acids is 1. The molecule has 0 saturated heterocycles. The standard InChI is InChI=1S/C25H31N5O9/c1-14(2)22(29-18(31)10-11-30-20(33)8-9-21(30)34)23(35)26-12-19(32)28-17-6-4-16(5-7-17)13-39-25(38)27-15(3)24(36)37/h4-9,14-15,22H,10-13H2,1-3H3,(H,26,35)(H,27,38)(H,28,32)(H,29,31)(H,36,37). The Kier molecular flexibility index (Phi) is 11.1. The van der Waals surface area contributed by atoms with Crippen LogP contribution in [0.2, 0.25) is 0 Å². The van der Waals surface area contributed by atoms with Crippen molar-refractivity contribution in [2.24, 2.45) is 5.92 Å². The van der Waals surface area contributed by atoms with Gasteiger partial charge in [-0.3, -0.25) is 33.7 Å². The Morgan fingerprint density at radius 3 is 2.10 bits per heavy atom. The first-order valence-electron chi connectivity index (χ1n) is 12.0. The molecule has 14 heteroatoms. The highest BCUT2D eigenvalue weighted by molar-refractivity contribution is 6.13. The van der Waals surface area contributed by atoms with Crippen molar-refractivity contribution in [1.29, 1.82) is 0 Å². The van der Waals surface area contributed by atoms with E-state index < -0.39 is 53.7 Å². The van der Waals surface area contributed by atoms with Crippen molar-refractivity contribution < 1.29 is 43.4 Å². The van der Waals surface area contributed by atoms with E-state index in [2.05, 4.69) is 21.3 Å². The molecule has 0 aliphatic carbocycles. The first-order valence-corrected chi connectivity index (χ1v) is 12.0. The van der Waals surface area contributed by atoms with Crippen LogP contribution in [-0.4, -0.2) is 76.8 Å². The van der Waals surface area contributed by atoms with Gasteiger partial charge in [0.25, 0.3) is 11.8 Å². The number of anilines is 1. The maximum absolute atomic E-state index is 12.6. The molecule has 14 nitrogen and oxygen atoms in total. The summed E-state index contributed by atoms with van der Waals surface area (Å²) in [7, 11) is 0. The van der Waals surface area contributed by atoms with Crippen LogP contribution in [0.25, 0.3) is 0 Å². The lowest BCUT2D eigenvalue weighted by Crippen LogP contribution is -2.51. The number of carbonyl (C=O) groups excluding carboxylic acids is 6. The maximum atomic E-state index is 12.6. The van der Waals surface area contributed by atoms with Gasteiger partial charge in [0, 0.05) is 30.8 Å². The van der Waals surface area contributed by atoms with E-state index in [9.17, 15) is 33.6 Å². The number of hydrogen-bond acceptors (Lipinski definition) is 8. The minimum Gasteiger partial charge on any atom is -0.480 e. The summed E-state index contributed by atoms with van der Waals surface area (Å²) >= 11 is 0. The zero-order valence-corrected chi connectivity index (χ0v) is 21.7. The molecule has 1 heterocycles. The molecule has 0 spiro atoms. The van der Waals surface area contributed by atoms with Gasteiger partial charge in [-0.2, -0.15) is 0 Å². The summed E-state index contributed by atoms with van der Waals surface area (Å²) in [5.74, 6) is -4.15. The molecule has 39 heavy (non-hydrogen) atoms. The van der Waals surface area contributed by atoms with E-state index in [1.807, 2.05) is 0 Å². The molecule has 0 bridgehead atoms. The molecule has 2 unspecified atom stereocenters. The van der Waals surface area contributed by atoms with E-state index in [0.29, 0.717) is 11.3 Å². The van der Waals surface area contributed by atoms with Crippen LogP contribution in [-0.2, 0) is 40.1 Å². The Balaban J connectivity index is 1.76. The van der Waals surface area contributed by atoms with Gasteiger partial charge < -0.3 is 31.1 Å². The van der Waals surface area contributed by atoms with Gasteiger partial charge in [-0.15, -0.1) is 0 Å². The third kappa shape index (κ3) is 9.91. The Labute approximate surface area is 224 Å². The summed E-state index contributed by atoms with van der Waals surface area (Å²) < 4.78 is 4.94. The number of alkyl carbamates (subject to hydrolysis) is 1. The van der Waals surface area contributed by atoms with Crippen molar-refractivity contribution in [3.05, 3.63) is 42.0 Å². The molecular formula is C25H31N5O9. The summed E-state index contributed by atoms with van der Waals surface area (Å²) in [5.41, 5.74) is 1.00. The number of benzene rings is 1. The van der Waals surface area contributed by atoms with E-state index in [4.69, 9.17) is 9.84 Å². The lowest BCUT2D eigenvalue weighted by molar-refractivity contribution is -0.139. The van der Waals surface area contributed by atoms with E-state index in [0.717, 1.165) is 17.1 Å². The van der Waals surface area contributed by atoms with Crippen LogP contribution in [0.15, 0.2) is 36.4 Å². The monoisotopic (exact) mass is 545 g/mol. The molecule has 210 valence electrons. The highest BCUT2D eigenvalue weighted by Gasteiger charge is 2.27. The van der Waals surface area contributed by atoms with Crippen LogP contribution >= 0.6 is 0 Å². The Hall–Kier alpha value is -4.75. The van der Waals surface area contributed by atoms with Crippen LogP contribution < -0.4 is 21.3 Å². The summed E-state index contributed by atoms with van der Waals surface area (Å²) in [4.78, 5) is 83.6. The maximum Gasteiger partial charge on any atom is 0.408 e. The minimum atomic E-state index is -1.20. The molecule has 1 aliphatic heterocycles. The number of nitrogens with zero attached hydrogens (tertiary/aromatic N) is 1. The molecule has 1 aromatic rings. The van der Waals surface area contributed by atoms with Crippen LogP contribution in [0.4, 0.5) is 10.5 Å². The molecule has 0 fully saturated rings. The molecule has 6 amide bonds. The molecule has 0 radical (unpaired) electrons. The van der Waals surface area contributed by atoms with Crippen molar-refractivity contribution in [3.8, 4) is 0 Å². The SMILES string of the molecule is CC(NC(=O)OCc1ccc(NC(=O)CNC(=O)C(NC(=O)CCN2C(=O)C=CC2=O)C(C)C)cc1)C(=O)O. The van der Waals surface area contributed by atoms with Crippen LogP contribution in [0.1, 0.15) is 32.8 Å². The van der Waals surface area contributed by atoms with Crippen molar-refractivity contribution in [2.75, 3.05) is 18.4 Å². The highest BCUT2D eigenvalue weighted by atomic mass is 16.5. The third-order valence-corrected chi connectivity index (χ3v) is 5.46. The Morgan fingerprint density at radius 1 is 0.923 bits per heavy atom. The van der Waals surface area contributed by atoms with Gasteiger partial charge in [0.2, 0.25) is 17.7 Å². The Bertz CT molecular complexity index is 1130.